The van der Waals surface area contributed by atoms with Gasteiger partial charge < -0.3 is 4.90 Å². The number of fused-ring (bicyclic) bond motifs is 2. The molecule has 2 aromatic heterocycles. The molecule has 0 unspecified atom stereocenters. The summed E-state index contributed by atoms with van der Waals surface area (Å²) in [6.07, 6.45) is 5.99. The summed E-state index contributed by atoms with van der Waals surface area (Å²) in [6.45, 7) is 6.85. The zero-order valence-corrected chi connectivity index (χ0v) is 16.4. The molecule has 28 heavy (non-hydrogen) atoms. The van der Waals surface area contributed by atoms with Crippen molar-refractivity contribution < 1.29 is 0 Å². The van der Waals surface area contributed by atoms with Crippen molar-refractivity contribution in [1.29, 1.82) is 0 Å². The maximum absolute atomic E-state index is 13.0. The molecule has 5 heteroatoms. The molecule has 2 aliphatic rings. The summed E-state index contributed by atoms with van der Waals surface area (Å²) >= 11 is 0. The molecule has 0 saturated heterocycles. The Labute approximate surface area is 164 Å². The number of rotatable bonds is 2. The van der Waals surface area contributed by atoms with Gasteiger partial charge in [-0.25, -0.2) is 9.97 Å². The molecule has 2 aliphatic heterocycles. The van der Waals surface area contributed by atoms with E-state index in [0.29, 0.717) is 5.39 Å². The highest BCUT2D eigenvalue weighted by atomic mass is 16.1. The fraction of sp³-hybridized carbons (Fsp3) is 0.348. The first kappa shape index (κ1) is 17.2. The molecular formula is C23H24N4O. The number of benzene rings is 1. The topological polar surface area (TPSA) is 51.0 Å². The van der Waals surface area contributed by atoms with E-state index in [0.717, 1.165) is 55.2 Å². The van der Waals surface area contributed by atoms with Crippen LogP contribution in [0.1, 0.15) is 31.7 Å². The Bertz CT molecular complexity index is 1140. The summed E-state index contributed by atoms with van der Waals surface area (Å²) in [7, 11) is 0. The molecule has 0 atom stereocenters. The number of aromatic nitrogens is 3. The van der Waals surface area contributed by atoms with E-state index in [1.54, 1.807) is 0 Å². The standard InChI is InChI=1S/C23H24N4O/c1-23(2)10-8-21-25-19-13-16(6-7-18(19)22(28)27(21)15-23)17-9-12-26(14-17)20-5-3-4-11-24-20/h3-7,9,11,13H,8,10,12,14-15H2,1-2H3. The molecule has 0 N–H and O–H groups in total. The summed E-state index contributed by atoms with van der Waals surface area (Å²) in [5, 5.41) is 0.713. The van der Waals surface area contributed by atoms with Crippen LogP contribution in [0.25, 0.3) is 16.5 Å². The average molecular weight is 372 g/mol. The molecule has 0 saturated carbocycles. The second-order valence-corrected chi connectivity index (χ2v) is 8.61. The van der Waals surface area contributed by atoms with Crippen LogP contribution in [-0.4, -0.2) is 27.6 Å². The van der Waals surface area contributed by atoms with Gasteiger partial charge in [-0.15, -0.1) is 0 Å². The summed E-state index contributed by atoms with van der Waals surface area (Å²) < 4.78 is 1.88. The van der Waals surface area contributed by atoms with Crippen molar-refractivity contribution in [1.82, 2.24) is 14.5 Å². The largest absolute Gasteiger partial charge is 0.349 e. The first-order valence-electron chi connectivity index (χ1n) is 9.89. The number of pyridine rings is 1. The Kier molecular flexibility index (Phi) is 3.86. The quantitative estimate of drug-likeness (QED) is 0.689. The van der Waals surface area contributed by atoms with Gasteiger partial charge in [0.15, 0.2) is 0 Å². The molecule has 1 aromatic carbocycles. The lowest BCUT2D eigenvalue weighted by Crippen LogP contribution is -2.36. The zero-order chi connectivity index (χ0) is 19.3. The predicted molar refractivity (Wildman–Crippen MR) is 113 cm³/mol. The number of aryl methyl sites for hydroxylation is 1. The monoisotopic (exact) mass is 372 g/mol. The van der Waals surface area contributed by atoms with E-state index in [1.807, 2.05) is 35.0 Å². The lowest BCUT2D eigenvalue weighted by molar-refractivity contribution is 0.240. The lowest BCUT2D eigenvalue weighted by Gasteiger charge is -2.31. The van der Waals surface area contributed by atoms with Gasteiger partial charge in [0, 0.05) is 32.3 Å². The summed E-state index contributed by atoms with van der Waals surface area (Å²) in [4.78, 5) is 24.6. The minimum absolute atomic E-state index is 0.0924. The Balaban J connectivity index is 1.49. The Morgan fingerprint density at radius 3 is 2.86 bits per heavy atom. The van der Waals surface area contributed by atoms with Gasteiger partial charge in [0.1, 0.15) is 11.6 Å². The average Bonchev–Trinajstić information content (AvgIpc) is 3.19. The van der Waals surface area contributed by atoms with E-state index < -0.39 is 0 Å². The minimum atomic E-state index is 0.0924. The van der Waals surface area contributed by atoms with Gasteiger partial charge >= 0.3 is 0 Å². The third-order valence-corrected chi connectivity index (χ3v) is 5.91. The van der Waals surface area contributed by atoms with Crippen LogP contribution in [0.5, 0.6) is 0 Å². The number of anilines is 1. The van der Waals surface area contributed by atoms with Gasteiger partial charge in [0.2, 0.25) is 0 Å². The van der Waals surface area contributed by atoms with Crippen LogP contribution in [0.3, 0.4) is 0 Å². The predicted octanol–water partition coefficient (Wildman–Crippen LogP) is 3.67. The number of hydrogen-bond donors (Lipinski definition) is 0. The van der Waals surface area contributed by atoms with Crippen molar-refractivity contribution in [2.75, 3.05) is 18.0 Å². The summed E-state index contributed by atoms with van der Waals surface area (Å²) in [5.41, 5.74) is 3.45. The Morgan fingerprint density at radius 1 is 1.14 bits per heavy atom. The molecule has 0 radical (unpaired) electrons. The Morgan fingerprint density at radius 2 is 2.04 bits per heavy atom. The van der Waals surface area contributed by atoms with E-state index in [4.69, 9.17) is 4.98 Å². The van der Waals surface area contributed by atoms with Gasteiger partial charge in [0.05, 0.1) is 10.9 Å². The van der Waals surface area contributed by atoms with E-state index in [2.05, 4.69) is 41.9 Å². The molecule has 0 amide bonds. The molecule has 0 aliphatic carbocycles. The Hall–Kier alpha value is -2.95. The molecule has 142 valence electrons. The van der Waals surface area contributed by atoms with Crippen LogP contribution >= 0.6 is 0 Å². The SMILES string of the molecule is CC1(C)CCc2nc3cc(C4=CCN(c5ccccn5)C4)ccc3c(=O)n2C1. The van der Waals surface area contributed by atoms with E-state index in [1.165, 1.54) is 5.57 Å². The number of hydrogen-bond acceptors (Lipinski definition) is 4. The summed E-state index contributed by atoms with van der Waals surface area (Å²) in [6, 6.07) is 12.1. The molecule has 0 bridgehead atoms. The number of nitrogens with zero attached hydrogens (tertiary/aromatic N) is 4. The maximum Gasteiger partial charge on any atom is 0.261 e. The van der Waals surface area contributed by atoms with Crippen molar-refractivity contribution in [3.63, 3.8) is 0 Å². The van der Waals surface area contributed by atoms with Crippen LogP contribution in [0.2, 0.25) is 0 Å². The van der Waals surface area contributed by atoms with Crippen LogP contribution in [-0.2, 0) is 13.0 Å². The molecule has 0 spiro atoms. The van der Waals surface area contributed by atoms with Gasteiger partial charge in [-0.3, -0.25) is 9.36 Å². The molecule has 5 nitrogen and oxygen atoms in total. The summed E-state index contributed by atoms with van der Waals surface area (Å²) in [5.74, 6) is 1.91. The van der Waals surface area contributed by atoms with Crippen molar-refractivity contribution in [3.8, 4) is 0 Å². The third kappa shape index (κ3) is 2.91. The van der Waals surface area contributed by atoms with E-state index >= 15 is 0 Å². The van der Waals surface area contributed by atoms with Crippen molar-refractivity contribution in [3.05, 3.63) is 70.4 Å². The molecule has 3 aromatic rings. The highest BCUT2D eigenvalue weighted by molar-refractivity contribution is 5.84. The lowest BCUT2D eigenvalue weighted by atomic mass is 9.85. The highest BCUT2D eigenvalue weighted by Gasteiger charge is 2.27. The van der Waals surface area contributed by atoms with Crippen LogP contribution in [0.15, 0.2) is 53.5 Å². The highest BCUT2D eigenvalue weighted by Crippen LogP contribution is 2.30. The van der Waals surface area contributed by atoms with Crippen LogP contribution in [0.4, 0.5) is 5.82 Å². The first-order valence-corrected chi connectivity index (χ1v) is 9.89. The molecule has 0 fully saturated rings. The second kappa shape index (κ2) is 6.30. The van der Waals surface area contributed by atoms with Gasteiger partial charge in [-0.2, -0.15) is 0 Å². The van der Waals surface area contributed by atoms with E-state index in [9.17, 15) is 4.79 Å². The van der Waals surface area contributed by atoms with Crippen molar-refractivity contribution >= 4 is 22.3 Å². The second-order valence-electron chi connectivity index (χ2n) is 8.61. The smallest absolute Gasteiger partial charge is 0.261 e. The van der Waals surface area contributed by atoms with Crippen molar-refractivity contribution in [2.45, 2.75) is 33.2 Å². The van der Waals surface area contributed by atoms with Gasteiger partial charge in [-0.05, 0) is 47.2 Å². The third-order valence-electron chi connectivity index (χ3n) is 5.91. The normalized spacial score (nSPS) is 18.2. The fourth-order valence-corrected chi connectivity index (χ4v) is 4.26. The van der Waals surface area contributed by atoms with E-state index in [-0.39, 0.29) is 11.0 Å². The van der Waals surface area contributed by atoms with Gasteiger partial charge in [0.25, 0.3) is 5.56 Å². The maximum atomic E-state index is 13.0. The molecule has 4 heterocycles. The van der Waals surface area contributed by atoms with Crippen LogP contribution < -0.4 is 10.5 Å². The fourth-order valence-electron chi connectivity index (χ4n) is 4.26. The minimum Gasteiger partial charge on any atom is -0.349 e. The first-order chi connectivity index (χ1) is 13.5. The molecule has 5 rings (SSSR count). The van der Waals surface area contributed by atoms with Crippen molar-refractivity contribution in [2.24, 2.45) is 5.41 Å². The molecular weight excluding hydrogens is 348 g/mol. The van der Waals surface area contributed by atoms with Gasteiger partial charge in [-0.1, -0.05) is 32.1 Å². The zero-order valence-electron chi connectivity index (χ0n) is 16.4. The van der Waals surface area contributed by atoms with Crippen LogP contribution in [0, 0.1) is 5.41 Å².